The summed E-state index contributed by atoms with van der Waals surface area (Å²) in [7, 11) is 0. The molecule has 6 saturated carbocycles. The molecular weight excluding hydrogens is 805 g/mol. The standard InChI is InChI=1S/C58H96N2O5/c1-37(59-39(3)63)47-21-23-49-45-19-17-43-35-41(25-29-55(43,5)51(45)27-31-57(47,49)7)53(15-11-9-13-33-61)65-54(16-12-10-14-34-62)42-26-30-56(6)44(36-42)18-20-46-50-24-22-48(38(2)60-40(4)64)58(50,8)32-28-52(46)56/h17-18,37-38,41-42,45-54,61-62H,9-16,19-36H2,1-8H3,(H,59,63)(H,60,64)/t37-,38-,41+,42+,45?,46?,47-,48-,49?,50?,51?,52?,53?,54?,55+,56+,57-,58-/m1/s1. The maximum absolute atomic E-state index is 12.1. The highest BCUT2D eigenvalue weighted by Crippen LogP contribution is 2.69. The van der Waals surface area contributed by atoms with E-state index in [0.29, 0.717) is 34.5 Å². The number of fused-ring (bicyclic) bond motifs is 10. The van der Waals surface area contributed by atoms with Gasteiger partial charge >= 0.3 is 0 Å². The molecule has 18 atom stereocenters. The quantitative estimate of drug-likeness (QED) is 0.0810. The van der Waals surface area contributed by atoms with Gasteiger partial charge in [0, 0.05) is 39.1 Å². The smallest absolute Gasteiger partial charge is 0.217 e. The maximum atomic E-state index is 12.1. The molecule has 0 radical (unpaired) electrons. The van der Waals surface area contributed by atoms with Crippen LogP contribution in [0.1, 0.15) is 209 Å². The number of amides is 2. The van der Waals surface area contributed by atoms with Crippen molar-refractivity contribution in [3.05, 3.63) is 23.3 Å². The van der Waals surface area contributed by atoms with Crippen molar-refractivity contribution in [2.75, 3.05) is 13.2 Å². The van der Waals surface area contributed by atoms with Gasteiger partial charge in [0.2, 0.25) is 11.8 Å². The monoisotopic (exact) mass is 901 g/mol. The van der Waals surface area contributed by atoms with Crippen LogP contribution in [0.2, 0.25) is 0 Å². The normalized spacial score (nSPS) is 42.6. The highest BCUT2D eigenvalue weighted by Gasteiger charge is 2.61. The van der Waals surface area contributed by atoms with Gasteiger partial charge in [-0.05, 0) is 223 Å². The first kappa shape index (κ1) is 49.7. The Balaban J connectivity index is 0.977. The van der Waals surface area contributed by atoms with E-state index in [0.717, 1.165) is 86.9 Å². The predicted octanol–water partition coefficient (Wildman–Crippen LogP) is 12.3. The second-order valence-electron chi connectivity index (χ2n) is 25.3. The highest BCUT2D eigenvalue weighted by molar-refractivity contribution is 5.73. The van der Waals surface area contributed by atoms with Gasteiger partial charge < -0.3 is 25.6 Å². The van der Waals surface area contributed by atoms with Crippen molar-refractivity contribution in [3.8, 4) is 0 Å². The number of nitrogens with one attached hydrogen (secondary N) is 2. The van der Waals surface area contributed by atoms with Crippen molar-refractivity contribution in [3.63, 3.8) is 0 Å². The number of carbonyl (C=O) groups is 2. The zero-order chi connectivity index (χ0) is 46.3. The molecule has 0 spiro atoms. The third-order valence-corrected chi connectivity index (χ3v) is 22.2. The minimum Gasteiger partial charge on any atom is -0.396 e. The molecule has 65 heavy (non-hydrogen) atoms. The molecule has 7 nitrogen and oxygen atoms in total. The second kappa shape index (κ2) is 20.3. The number of aliphatic hydroxyl groups excluding tert-OH is 2. The molecule has 6 fully saturated rings. The zero-order valence-electron chi connectivity index (χ0n) is 42.7. The molecule has 0 aromatic heterocycles. The minimum atomic E-state index is 0.111. The van der Waals surface area contributed by atoms with E-state index in [-0.39, 0.29) is 60.1 Å². The van der Waals surface area contributed by atoms with E-state index < -0.39 is 0 Å². The summed E-state index contributed by atoms with van der Waals surface area (Å²) in [5.41, 5.74) is 4.71. The van der Waals surface area contributed by atoms with Crippen LogP contribution in [0.15, 0.2) is 23.3 Å². The van der Waals surface area contributed by atoms with Crippen molar-refractivity contribution in [2.45, 2.75) is 234 Å². The van der Waals surface area contributed by atoms with Crippen molar-refractivity contribution in [2.24, 2.45) is 80.8 Å². The van der Waals surface area contributed by atoms with Gasteiger partial charge in [-0.3, -0.25) is 9.59 Å². The minimum absolute atomic E-state index is 0.111. The van der Waals surface area contributed by atoms with Crippen LogP contribution in [-0.2, 0) is 14.3 Å². The number of hydrogen-bond acceptors (Lipinski definition) is 5. The van der Waals surface area contributed by atoms with Crippen LogP contribution in [0.5, 0.6) is 0 Å². The molecule has 0 heterocycles. The summed E-state index contributed by atoms with van der Waals surface area (Å²) in [6.45, 7) is 18.9. The first-order chi connectivity index (χ1) is 31.1. The molecule has 8 aliphatic rings. The SMILES string of the molecule is CC(=O)N[C@H](C)[C@H]1CCC2C3CC=C4C[C@@H](C(CCCCCO)OC(CCCCCO)[C@H]5CC[C@@]6(C)C(=CCC7C6CC[C@@]6(C)C7CC[C@@H]6[C@@H](C)NC(C)=O)C5)CC[C@]4(C)C3CC[C@@]21C. The van der Waals surface area contributed by atoms with Gasteiger partial charge in [-0.25, -0.2) is 0 Å². The Labute approximate surface area is 396 Å². The van der Waals surface area contributed by atoms with Gasteiger partial charge in [0.1, 0.15) is 0 Å². The van der Waals surface area contributed by atoms with E-state index in [2.05, 4.69) is 64.3 Å². The molecule has 0 aromatic carbocycles. The van der Waals surface area contributed by atoms with Gasteiger partial charge in [-0.1, -0.05) is 76.7 Å². The first-order valence-corrected chi connectivity index (χ1v) is 27.9. The van der Waals surface area contributed by atoms with Crippen molar-refractivity contribution < 1.29 is 24.5 Å². The third-order valence-electron chi connectivity index (χ3n) is 22.2. The van der Waals surface area contributed by atoms with Crippen LogP contribution >= 0.6 is 0 Å². The lowest BCUT2D eigenvalue weighted by molar-refractivity contribution is -0.121. The number of allylic oxidation sites excluding steroid dienone is 4. The number of ether oxygens (including phenoxy) is 1. The summed E-state index contributed by atoms with van der Waals surface area (Å²) >= 11 is 0. The molecule has 2 amide bonds. The fourth-order valence-corrected chi connectivity index (χ4v) is 18.9. The topological polar surface area (TPSA) is 108 Å². The third kappa shape index (κ3) is 9.51. The molecule has 0 aromatic rings. The summed E-state index contributed by atoms with van der Waals surface area (Å²) in [6, 6.07) is 0.498. The van der Waals surface area contributed by atoms with Gasteiger partial charge in [-0.15, -0.1) is 0 Å². The molecule has 0 aliphatic heterocycles. The average Bonchev–Trinajstić information content (AvgIpc) is 3.81. The first-order valence-electron chi connectivity index (χ1n) is 27.9. The Hall–Kier alpha value is -1.70. The molecule has 8 aliphatic carbocycles. The van der Waals surface area contributed by atoms with E-state index in [1.807, 2.05) is 0 Å². The van der Waals surface area contributed by atoms with Crippen molar-refractivity contribution >= 4 is 11.8 Å². The van der Waals surface area contributed by atoms with Crippen molar-refractivity contribution in [1.29, 1.82) is 0 Å². The maximum Gasteiger partial charge on any atom is 0.217 e. The van der Waals surface area contributed by atoms with E-state index in [9.17, 15) is 19.8 Å². The Morgan fingerprint density at radius 3 is 1.38 bits per heavy atom. The lowest BCUT2D eigenvalue weighted by Crippen LogP contribution is -2.53. The van der Waals surface area contributed by atoms with E-state index in [4.69, 9.17) is 4.74 Å². The van der Waals surface area contributed by atoms with Crippen LogP contribution in [0.4, 0.5) is 0 Å². The Morgan fingerprint density at radius 2 is 1.00 bits per heavy atom. The Kier molecular flexibility index (Phi) is 15.6. The van der Waals surface area contributed by atoms with Gasteiger partial charge in [0.05, 0.1) is 12.2 Å². The zero-order valence-corrected chi connectivity index (χ0v) is 42.7. The Morgan fingerprint density at radius 1 is 0.585 bits per heavy atom. The number of unbranched alkanes of at least 4 members (excludes halogenated alkanes) is 4. The summed E-state index contributed by atoms with van der Waals surface area (Å²) < 4.78 is 7.75. The average molecular weight is 901 g/mol. The summed E-state index contributed by atoms with van der Waals surface area (Å²) in [5, 5.41) is 26.1. The molecule has 7 heteroatoms. The molecule has 0 bridgehead atoms. The lowest BCUT2D eigenvalue weighted by Gasteiger charge is -2.59. The van der Waals surface area contributed by atoms with Gasteiger partial charge in [0.15, 0.2) is 0 Å². The molecule has 0 saturated heterocycles. The van der Waals surface area contributed by atoms with Crippen LogP contribution in [-0.4, -0.2) is 59.5 Å². The number of carbonyl (C=O) groups excluding carboxylic acids is 2. The van der Waals surface area contributed by atoms with Crippen LogP contribution in [0.25, 0.3) is 0 Å². The molecular formula is C58H96N2O5. The number of aliphatic hydroxyl groups is 2. The van der Waals surface area contributed by atoms with E-state index in [1.165, 1.54) is 103 Å². The number of hydrogen-bond donors (Lipinski definition) is 4. The number of rotatable bonds is 18. The van der Waals surface area contributed by atoms with E-state index >= 15 is 0 Å². The van der Waals surface area contributed by atoms with E-state index in [1.54, 1.807) is 25.0 Å². The highest BCUT2D eigenvalue weighted by atomic mass is 16.5. The molecule has 8 rings (SSSR count). The van der Waals surface area contributed by atoms with Crippen LogP contribution < -0.4 is 10.6 Å². The predicted molar refractivity (Wildman–Crippen MR) is 264 cm³/mol. The fraction of sp³-hybridized carbons (Fsp3) is 0.897. The summed E-state index contributed by atoms with van der Waals surface area (Å²) in [5.74, 6) is 7.02. The van der Waals surface area contributed by atoms with Gasteiger partial charge in [0.25, 0.3) is 0 Å². The summed E-state index contributed by atoms with van der Waals surface area (Å²) in [4.78, 5) is 24.2. The fourth-order valence-electron chi connectivity index (χ4n) is 18.9. The molecule has 368 valence electrons. The van der Waals surface area contributed by atoms with Gasteiger partial charge in [-0.2, -0.15) is 0 Å². The Bertz CT molecular complexity index is 1600. The van der Waals surface area contributed by atoms with Crippen LogP contribution in [0.3, 0.4) is 0 Å². The molecule has 4 N–H and O–H groups in total. The van der Waals surface area contributed by atoms with Crippen molar-refractivity contribution in [1.82, 2.24) is 10.6 Å². The lowest BCUT2D eigenvalue weighted by atomic mass is 9.46. The second-order valence-corrected chi connectivity index (χ2v) is 25.3. The largest absolute Gasteiger partial charge is 0.396 e. The summed E-state index contributed by atoms with van der Waals surface area (Å²) in [6.07, 6.45) is 34.6. The van der Waals surface area contributed by atoms with Crippen LogP contribution in [0, 0.1) is 80.8 Å². The molecule has 8 unspecified atom stereocenters.